The summed E-state index contributed by atoms with van der Waals surface area (Å²) in [4.78, 5) is 25.8. The third kappa shape index (κ3) is 4.96. The van der Waals surface area contributed by atoms with Gasteiger partial charge in [0.2, 0.25) is 17.7 Å². The second-order valence-corrected chi connectivity index (χ2v) is 6.81. The maximum absolute atomic E-state index is 13.0. The standard InChI is InChI=1S/C21H28N4O2/c1-3-24(14-10-17-7-5-4-6-8-17)20(26)18-11-15-25(16-12-18)21-22-13-9-19(23-21)27-2/h4-9,13,18H,3,10-12,14-16H2,1-2H3. The van der Waals surface area contributed by atoms with Crippen LogP contribution in [-0.2, 0) is 11.2 Å². The number of likely N-dealkylation sites (N-methyl/N-ethyl adjacent to an activating group) is 1. The van der Waals surface area contributed by atoms with Crippen LogP contribution in [0, 0.1) is 5.92 Å². The first-order valence-electron chi connectivity index (χ1n) is 9.66. The van der Waals surface area contributed by atoms with Gasteiger partial charge in [-0.15, -0.1) is 0 Å². The van der Waals surface area contributed by atoms with Crippen LogP contribution in [0.2, 0.25) is 0 Å². The largest absolute Gasteiger partial charge is 0.481 e. The third-order valence-corrected chi connectivity index (χ3v) is 5.16. The monoisotopic (exact) mass is 368 g/mol. The van der Waals surface area contributed by atoms with Gasteiger partial charge in [0.1, 0.15) is 0 Å². The van der Waals surface area contributed by atoms with Crippen LogP contribution < -0.4 is 9.64 Å². The van der Waals surface area contributed by atoms with Crippen LogP contribution in [0.3, 0.4) is 0 Å². The van der Waals surface area contributed by atoms with E-state index in [2.05, 4.69) is 33.9 Å². The van der Waals surface area contributed by atoms with Gasteiger partial charge in [0, 0.05) is 44.4 Å². The number of hydrogen-bond acceptors (Lipinski definition) is 5. The topological polar surface area (TPSA) is 58.6 Å². The first kappa shape index (κ1) is 19.1. The number of benzene rings is 1. The minimum absolute atomic E-state index is 0.0857. The summed E-state index contributed by atoms with van der Waals surface area (Å²) in [7, 11) is 1.60. The lowest BCUT2D eigenvalue weighted by Crippen LogP contribution is -2.43. The zero-order valence-electron chi connectivity index (χ0n) is 16.2. The van der Waals surface area contributed by atoms with E-state index >= 15 is 0 Å². The van der Waals surface area contributed by atoms with Crippen molar-refractivity contribution < 1.29 is 9.53 Å². The van der Waals surface area contributed by atoms with Gasteiger partial charge in [-0.25, -0.2) is 4.98 Å². The second kappa shape index (κ2) is 9.35. The zero-order chi connectivity index (χ0) is 19.1. The Morgan fingerprint density at radius 3 is 2.63 bits per heavy atom. The highest BCUT2D eigenvalue weighted by atomic mass is 16.5. The van der Waals surface area contributed by atoms with Gasteiger partial charge in [-0.3, -0.25) is 4.79 Å². The molecule has 2 aromatic rings. The molecule has 6 heteroatoms. The molecule has 1 aliphatic heterocycles. The van der Waals surface area contributed by atoms with E-state index in [9.17, 15) is 4.79 Å². The zero-order valence-corrected chi connectivity index (χ0v) is 16.2. The van der Waals surface area contributed by atoms with Gasteiger partial charge in [0.15, 0.2) is 0 Å². The summed E-state index contributed by atoms with van der Waals surface area (Å²) in [6.45, 7) is 5.17. The molecule has 0 saturated carbocycles. The molecule has 2 heterocycles. The van der Waals surface area contributed by atoms with E-state index in [4.69, 9.17) is 4.74 Å². The van der Waals surface area contributed by atoms with Crippen molar-refractivity contribution in [3.05, 3.63) is 48.2 Å². The molecule has 1 aromatic heterocycles. The molecule has 1 amide bonds. The number of aromatic nitrogens is 2. The fraction of sp³-hybridized carbons (Fsp3) is 0.476. The van der Waals surface area contributed by atoms with E-state index in [0.29, 0.717) is 11.8 Å². The van der Waals surface area contributed by atoms with Crippen molar-refractivity contribution in [3.63, 3.8) is 0 Å². The Hall–Kier alpha value is -2.63. The summed E-state index contributed by atoms with van der Waals surface area (Å²) in [6, 6.07) is 12.1. The molecule has 27 heavy (non-hydrogen) atoms. The molecule has 1 aliphatic rings. The fourth-order valence-corrected chi connectivity index (χ4v) is 3.52. The van der Waals surface area contributed by atoms with E-state index in [0.717, 1.165) is 45.4 Å². The average molecular weight is 368 g/mol. The number of piperidine rings is 1. The SMILES string of the molecule is CCN(CCc1ccccc1)C(=O)C1CCN(c2nccc(OC)n2)CC1. The number of ether oxygens (including phenoxy) is 1. The summed E-state index contributed by atoms with van der Waals surface area (Å²) < 4.78 is 5.18. The molecule has 1 fully saturated rings. The molecule has 0 spiro atoms. The van der Waals surface area contributed by atoms with Gasteiger partial charge in [-0.2, -0.15) is 4.98 Å². The number of hydrogen-bond donors (Lipinski definition) is 0. The van der Waals surface area contributed by atoms with Crippen LogP contribution in [0.4, 0.5) is 5.95 Å². The molecular weight excluding hydrogens is 340 g/mol. The number of methoxy groups -OCH3 is 1. The smallest absolute Gasteiger partial charge is 0.228 e. The summed E-state index contributed by atoms with van der Waals surface area (Å²) in [6.07, 6.45) is 4.28. The Morgan fingerprint density at radius 2 is 1.96 bits per heavy atom. The Labute approximate surface area is 161 Å². The highest BCUT2D eigenvalue weighted by Crippen LogP contribution is 2.23. The summed E-state index contributed by atoms with van der Waals surface area (Å²) in [5.41, 5.74) is 1.27. The first-order valence-corrected chi connectivity index (χ1v) is 9.66. The van der Waals surface area contributed by atoms with Crippen molar-refractivity contribution >= 4 is 11.9 Å². The van der Waals surface area contributed by atoms with E-state index in [1.165, 1.54) is 5.56 Å². The molecular formula is C21H28N4O2. The molecule has 1 saturated heterocycles. The predicted molar refractivity (Wildman–Crippen MR) is 106 cm³/mol. The first-order chi connectivity index (χ1) is 13.2. The van der Waals surface area contributed by atoms with Gasteiger partial charge in [-0.05, 0) is 31.7 Å². The lowest BCUT2D eigenvalue weighted by Gasteiger charge is -2.34. The van der Waals surface area contributed by atoms with E-state index in [1.54, 1.807) is 19.4 Å². The van der Waals surface area contributed by atoms with Crippen molar-refractivity contribution in [2.24, 2.45) is 5.92 Å². The third-order valence-electron chi connectivity index (χ3n) is 5.16. The number of nitrogens with zero attached hydrogens (tertiary/aromatic N) is 4. The lowest BCUT2D eigenvalue weighted by atomic mass is 9.95. The van der Waals surface area contributed by atoms with Crippen LogP contribution in [0.1, 0.15) is 25.3 Å². The van der Waals surface area contributed by atoms with Crippen molar-refractivity contribution in [3.8, 4) is 5.88 Å². The van der Waals surface area contributed by atoms with Gasteiger partial charge in [0.05, 0.1) is 7.11 Å². The molecule has 0 bridgehead atoms. The molecule has 1 aromatic carbocycles. The van der Waals surface area contributed by atoms with Gasteiger partial charge in [0.25, 0.3) is 0 Å². The Morgan fingerprint density at radius 1 is 1.22 bits per heavy atom. The fourth-order valence-electron chi connectivity index (χ4n) is 3.52. The highest BCUT2D eigenvalue weighted by molar-refractivity contribution is 5.79. The van der Waals surface area contributed by atoms with Crippen molar-refractivity contribution in [2.45, 2.75) is 26.2 Å². The van der Waals surface area contributed by atoms with Crippen LogP contribution in [0.5, 0.6) is 5.88 Å². The predicted octanol–water partition coefficient (Wildman–Crippen LogP) is 2.79. The molecule has 0 radical (unpaired) electrons. The molecule has 144 valence electrons. The van der Waals surface area contributed by atoms with Gasteiger partial charge < -0.3 is 14.5 Å². The summed E-state index contributed by atoms with van der Waals surface area (Å²) in [5.74, 6) is 1.61. The summed E-state index contributed by atoms with van der Waals surface area (Å²) in [5, 5.41) is 0. The number of amides is 1. The summed E-state index contributed by atoms with van der Waals surface area (Å²) >= 11 is 0. The minimum Gasteiger partial charge on any atom is -0.481 e. The number of rotatable bonds is 7. The highest BCUT2D eigenvalue weighted by Gasteiger charge is 2.28. The van der Waals surface area contributed by atoms with Crippen LogP contribution in [-0.4, -0.2) is 54.1 Å². The van der Waals surface area contributed by atoms with Crippen LogP contribution in [0.25, 0.3) is 0 Å². The molecule has 6 nitrogen and oxygen atoms in total. The van der Waals surface area contributed by atoms with E-state index in [-0.39, 0.29) is 11.8 Å². The van der Waals surface area contributed by atoms with Crippen LogP contribution in [0.15, 0.2) is 42.6 Å². The molecule has 0 atom stereocenters. The van der Waals surface area contributed by atoms with Crippen molar-refractivity contribution in [1.82, 2.24) is 14.9 Å². The maximum Gasteiger partial charge on any atom is 0.228 e. The Bertz CT molecular complexity index is 730. The van der Waals surface area contributed by atoms with E-state index < -0.39 is 0 Å². The molecule has 0 N–H and O–H groups in total. The number of carbonyl (C=O) groups is 1. The quantitative estimate of drug-likeness (QED) is 0.752. The Kier molecular flexibility index (Phi) is 6.63. The van der Waals surface area contributed by atoms with E-state index in [1.807, 2.05) is 23.1 Å². The van der Waals surface area contributed by atoms with Crippen LogP contribution >= 0.6 is 0 Å². The lowest BCUT2D eigenvalue weighted by molar-refractivity contribution is -0.136. The van der Waals surface area contributed by atoms with Crippen molar-refractivity contribution in [2.75, 3.05) is 38.2 Å². The molecule has 3 rings (SSSR count). The van der Waals surface area contributed by atoms with Gasteiger partial charge >= 0.3 is 0 Å². The van der Waals surface area contributed by atoms with Gasteiger partial charge in [-0.1, -0.05) is 30.3 Å². The minimum atomic E-state index is 0.0857. The molecule has 0 aliphatic carbocycles. The van der Waals surface area contributed by atoms with Crippen molar-refractivity contribution in [1.29, 1.82) is 0 Å². The molecule has 0 unspecified atom stereocenters. The second-order valence-electron chi connectivity index (χ2n) is 6.81. The normalized spacial score (nSPS) is 14.8. The number of carbonyl (C=O) groups excluding carboxylic acids is 1. The average Bonchev–Trinajstić information content (AvgIpc) is 2.75. The number of anilines is 1. The maximum atomic E-state index is 13.0. The Balaban J connectivity index is 1.53.